The van der Waals surface area contributed by atoms with Gasteiger partial charge in [0.05, 0.1) is 17.3 Å². The van der Waals surface area contributed by atoms with Crippen molar-refractivity contribution in [3.8, 4) is 0 Å². The first-order chi connectivity index (χ1) is 18.3. The van der Waals surface area contributed by atoms with Crippen LogP contribution in [0.25, 0.3) is 21.8 Å². The number of halogens is 1. The Morgan fingerprint density at radius 1 is 1.03 bits per heavy atom. The van der Waals surface area contributed by atoms with Crippen molar-refractivity contribution in [1.82, 2.24) is 24.1 Å². The van der Waals surface area contributed by atoms with Gasteiger partial charge in [-0.1, -0.05) is 12.1 Å². The summed E-state index contributed by atoms with van der Waals surface area (Å²) in [5, 5.41) is 22.6. The summed E-state index contributed by atoms with van der Waals surface area (Å²) in [6.45, 7) is 3.57. The number of hydrogen-bond acceptors (Lipinski definition) is 6. The van der Waals surface area contributed by atoms with Crippen LogP contribution in [0.15, 0.2) is 53.7 Å². The molecule has 0 unspecified atom stereocenters. The SMILES string of the molecule is O=C1CCCN1CC1(O)CCN(Cc2cn(Cc3ccc(F)cc3)c3cnc4c(=O)n(O)ccc4c23)CC1. The number of aliphatic hydroxyl groups is 1. The third kappa shape index (κ3) is 4.54. The van der Waals surface area contributed by atoms with Crippen LogP contribution in [0.4, 0.5) is 4.39 Å². The first kappa shape index (κ1) is 24.6. The maximum absolute atomic E-state index is 13.5. The fourth-order valence-corrected chi connectivity index (χ4v) is 5.84. The van der Waals surface area contributed by atoms with Crippen LogP contribution in [0.2, 0.25) is 0 Å². The van der Waals surface area contributed by atoms with Gasteiger partial charge in [0.25, 0.3) is 0 Å². The first-order valence-corrected chi connectivity index (χ1v) is 13.0. The minimum atomic E-state index is -0.879. The Bertz CT molecular complexity index is 1570. The molecule has 2 N–H and O–H groups in total. The summed E-state index contributed by atoms with van der Waals surface area (Å²) < 4.78 is 16.0. The lowest BCUT2D eigenvalue weighted by Gasteiger charge is -2.40. The minimum absolute atomic E-state index is 0.122. The number of carbonyl (C=O) groups excluding carboxylic acids is 1. The third-order valence-corrected chi connectivity index (χ3v) is 7.94. The molecule has 5 heterocycles. The molecule has 0 bridgehead atoms. The molecule has 2 fully saturated rings. The summed E-state index contributed by atoms with van der Waals surface area (Å²) in [4.78, 5) is 33.1. The summed E-state index contributed by atoms with van der Waals surface area (Å²) >= 11 is 0. The van der Waals surface area contributed by atoms with Gasteiger partial charge in [0, 0.05) is 68.9 Å². The maximum atomic E-state index is 13.5. The second kappa shape index (κ2) is 9.52. The van der Waals surface area contributed by atoms with Gasteiger partial charge in [-0.3, -0.25) is 14.5 Å². The molecule has 0 atom stereocenters. The fraction of sp³-hybridized carbons (Fsp3) is 0.393. The fourth-order valence-electron chi connectivity index (χ4n) is 5.84. The molecule has 4 aromatic rings. The largest absolute Gasteiger partial charge is 0.425 e. The summed E-state index contributed by atoms with van der Waals surface area (Å²) in [6.07, 6.45) is 7.58. The highest BCUT2D eigenvalue weighted by atomic mass is 19.1. The van der Waals surface area contributed by atoms with Crippen LogP contribution in [0, 0.1) is 5.82 Å². The summed E-state index contributed by atoms with van der Waals surface area (Å²) in [6, 6.07) is 8.06. The lowest BCUT2D eigenvalue weighted by molar-refractivity contribution is -0.132. The number of fused-ring (bicyclic) bond motifs is 3. The molecular weight excluding hydrogens is 489 g/mol. The molecule has 0 aliphatic carbocycles. The molecule has 2 saturated heterocycles. The summed E-state index contributed by atoms with van der Waals surface area (Å²) in [5.74, 6) is -0.170. The monoisotopic (exact) mass is 519 g/mol. The molecule has 0 spiro atoms. The van der Waals surface area contributed by atoms with Crippen LogP contribution in [0.3, 0.4) is 0 Å². The lowest BCUT2D eigenvalue weighted by Crippen LogP contribution is -2.51. The van der Waals surface area contributed by atoms with E-state index in [0.717, 1.165) is 35.0 Å². The molecule has 0 radical (unpaired) electrons. The topological polar surface area (TPSA) is 104 Å². The van der Waals surface area contributed by atoms with Crippen molar-refractivity contribution in [2.24, 2.45) is 0 Å². The zero-order valence-corrected chi connectivity index (χ0v) is 21.0. The Hall–Kier alpha value is -3.76. The molecule has 6 rings (SSSR count). The van der Waals surface area contributed by atoms with Crippen LogP contribution in [0.5, 0.6) is 0 Å². The van der Waals surface area contributed by atoms with E-state index in [-0.39, 0.29) is 17.2 Å². The quantitative estimate of drug-likeness (QED) is 0.380. The van der Waals surface area contributed by atoms with E-state index in [9.17, 15) is 24.3 Å². The number of rotatable bonds is 6. The molecule has 3 aromatic heterocycles. The molecule has 2 aliphatic rings. The van der Waals surface area contributed by atoms with Gasteiger partial charge in [-0.25, -0.2) is 9.37 Å². The van der Waals surface area contributed by atoms with Crippen molar-refractivity contribution in [2.45, 2.75) is 44.4 Å². The molecule has 1 aromatic carbocycles. The average molecular weight is 520 g/mol. The molecular formula is C28H30FN5O4. The van der Waals surface area contributed by atoms with Gasteiger partial charge in [0.1, 0.15) is 11.3 Å². The zero-order chi connectivity index (χ0) is 26.4. The van der Waals surface area contributed by atoms with Gasteiger partial charge < -0.3 is 19.8 Å². The predicted molar refractivity (Wildman–Crippen MR) is 139 cm³/mol. The minimum Gasteiger partial charge on any atom is -0.425 e. The van der Waals surface area contributed by atoms with Gasteiger partial charge in [-0.15, -0.1) is 0 Å². The van der Waals surface area contributed by atoms with Crippen molar-refractivity contribution in [1.29, 1.82) is 0 Å². The predicted octanol–water partition coefficient (Wildman–Crippen LogP) is 2.73. The van der Waals surface area contributed by atoms with E-state index >= 15 is 0 Å². The molecule has 9 nitrogen and oxygen atoms in total. The molecule has 10 heteroatoms. The van der Waals surface area contributed by atoms with E-state index in [1.165, 1.54) is 18.3 Å². The maximum Gasteiger partial charge on any atom is 0.309 e. The van der Waals surface area contributed by atoms with Gasteiger partial charge in [0.15, 0.2) is 0 Å². The standard InChI is InChI=1S/C28H30FN5O4/c29-21-5-3-19(4-6-21)15-33-17-20(25-22-7-11-34(38)27(36)26(22)30-14-23(25)33)16-31-12-8-28(37,9-13-31)18-32-10-1-2-24(32)35/h3-7,11,14,17,37-38H,1-2,8-10,12-13,15-16,18H2. The van der Waals surface area contributed by atoms with Gasteiger partial charge in [-0.2, -0.15) is 4.73 Å². The van der Waals surface area contributed by atoms with Crippen LogP contribution < -0.4 is 5.56 Å². The first-order valence-electron chi connectivity index (χ1n) is 13.0. The molecule has 38 heavy (non-hydrogen) atoms. The summed E-state index contributed by atoms with van der Waals surface area (Å²) in [5.41, 5.74) is 1.50. The Morgan fingerprint density at radius 2 is 1.79 bits per heavy atom. The van der Waals surface area contributed by atoms with Gasteiger partial charge >= 0.3 is 5.56 Å². The second-order valence-electron chi connectivity index (χ2n) is 10.6. The number of carbonyl (C=O) groups is 1. The van der Waals surface area contributed by atoms with Gasteiger partial charge in [-0.05, 0) is 48.6 Å². The number of likely N-dealkylation sites (tertiary alicyclic amines) is 2. The highest BCUT2D eigenvalue weighted by Crippen LogP contribution is 2.31. The number of amides is 1. The van der Waals surface area contributed by atoms with E-state index in [1.807, 2.05) is 10.8 Å². The number of β-amino-alcohol motifs (C(OH)–C–C–N with tert-alkyl or cyclic N) is 1. The average Bonchev–Trinajstić information content (AvgIpc) is 3.46. The summed E-state index contributed by atoms with van der Waals surface area (Å²) in [7, 11) is 0. The molecule has 2 aliphatic heterocycles. The van der Waals surface area contributed by atoms with Crippen molar-refractivity contribution in [3.05, 3.63) is 76.2 Å². The van der Waals surface area contributed by atoms with E-state index in [0.29, 0.717) is 62.1 Å². The number of piperidine rings is 1. The van der Waals surface area contributed by atoms with E-state index in [4.69, 9.17) is 0 Å². The van der Waals surface area contributed by atoms with Crippen molar-refractivity contribution < 1.29 is 19.5 Å². The Morgan fingerprint density at radius 3 is 2.50 bits per heavy atom. The highest BCUT2D eigenvalue weighted by Gasteiger charge is 2.36. The number of aromatic nitrogens is 3. The molecule has 1 amide bonds. The van der Waals surface area contributed by atoms with Crippen LogP contribution in [-0.2, 0) is 17.9 Å². The number of pyridine rings is 2. The Balaban J connectivity index is 1.31. The number of hydrogen-bond donors (Lipinski definition) is 2. The van der Waals surface area contributed by atoms with Crippen LogP contribution in [0.1, 0.15) is 36.8 Å². The molecule has 198 valence electrons. The second-order valence-corrected chi connectivity index (χ2v) is 10.6. The smallest absolute Gasteiger partial charge is 0.309 e. The zero-order valence-electron chi connectivity index (χ0n) is 21.0. The van der Waals surface area contributed by atoms with Crippen LogP contribution >= 0.6 is 0 Å². The number of nitrogens with zero attached hydrogens (tertiary/aromatic N) is 5. The van der Waals surface area contributed by atoms with Gasteiger partial charge in [0.2, 0.25) is 5.91 Å². The third-order valence-electron chi connectivity index (χ3n) is 7.94. The lowest BCUT2D eigenvalue weighted by atomic mass is 9.90. The number of benzene rings is 1. The normalized spacial score (nSPS) is 18.2. The van der Waals surface area contributed by atoms with E-state index < -0.39 is 11.2 Å². The van der Waals surface area contributed by atoms with E-state index in [1.54, 1.807) is 29.3 Å². The van der Waals surface area contributed by atoms with Crippen molar-refractivity contribution >= 4 is 27.7 Å². The van der Waals surface area contributed by atoms with E-state index in [2.05, 4.69) is 9.88 Å². The Labute approximate surface area is 218 Å². The highest BCUT2D eigenvalue weighted by molar-refractivity contribution is 6.06. The van der Waals surface area contributed by atoms with Crippen molar-refractivity contribution in [3.63, 3.8) is 0 Å². The van der Waals surface area contributed by atoms with Crippen molar-refractivity contribution in [2.75, 3.05) is 26.2 Å². The van der Waals surface area contributed by atoms with Crippen LogP contribution in [-0.4, -0.2) is 72.1 Å². The molecule has 0 saturated carbocycles. The Kier molecular flexibility index (Phi) is 6.16.